The number of pyridine rings is 1. The molecule has 3 aromatic rings. The lowest BCUT2D eigenvalue weighted by Gasteiger charge is -2.32. The van der Waals surface area contributed by atoms with Crippen LogP contribution >= 0.6 is 0 Å². The van der Waals surface area contributed by atoms with Crippen molar-refractivity contribution >= 4 is 5.91 Å². The molecule has 7 nitrogen and oxygen atoms in total. The van der Waals surface area contributed by atoms with Gasteiger partial charge in [0.05, 0.1) is 25.8 Å². The molecular formula is C25H30N4O3. The van der Waals surface area contributed by atoms with Gasteiger partial charge in [0.15, 0.2) is 5.89 Å². The van der Waals surface area contributed by atoms with E-state index in [1.807, 2.05) is 59.4 Å². The Morgan fingerprint density at radius 3 is 2.94 bits per heavy atom. The zero-order valence-corrected chi connectivity index (χ0v) is 18.7. The first-order chi connectivity index (χ1) is 15.6. The highest BCUT2D eigenvalue weighted by atomic mass is 16.5. The predicted octanol–water partition coefficient (Wildman–Crippen LogP) is 3.51. The minimum atomic E-state index is 0.128. The Labute approximate surface area is 189 Å². The lowest BCUT2D eigenvalue weighted by molar-refractivity contribution is -0.133. The second-order valence-corrected chi connectivity index (χ2v) is 8.37. The van der Waals surface area contributed by atoms with Crippen LogP contribution in [0.25, 0.3) is 0 Å². The van der Waals surface area contributed by atoms with Gasteiger partial charge in [0, 0.05) is 44.0 Å². The minimum Gasteiger partial charge on any atom is -0.496 e. The van der Waals surface area contributed by atoms with Gasteiger partial charge in [-0.05, 0) is 37.6 Å². The number of piperidine rings is 1. The van der Waals surface area contributed by atoms with Crippen molar-refractivity contribution in [2.24, 2.45) is 0 Å². The van der Waals surface area contributed by atoms with Crippen LogP contribution in [-0.4, -0.2) is 59.5 Å². The molecule has 1 aliphatic heterocycles. The molecular weight excluding hydrogens is 404 g/mol. The summed E-state index contributed by atoms with van der Waals surface area (Å²) in [4.78, 5) is 25.5. The monoisotopic (exact) mass is 434 g/mol. The van der Waals surface area contributed by atoms with E-state index >= 15 is 0 Å². The molecule has 0 saturated carbocycles. The molecule has 0 aliphatic carbocycles. The van der Waals surface area contributed by atoms with Crippen LogP contribution in [0.3, 0.4) is 0 Å². The molecule has 2 aromatic heterocycles. The number of carbonyl (C=O) groups is 1. The number of hydrogen-bond donors (Lipinski definition) is 0. The Hall–Kier alpha value is -3.19. The van der Waals surface area contributed by atoms with Gasteiger partial charge in [-0.25, -0.2) is 4.98 Å². The van der Waals surface area contributed by atoms with Crippen molar-refractivity contribution in [3.63, 3.8) is 0 Å². The third-order valence-corrected chi connectivity index (χ3v) is 5.83. The number of benzene rings is 1. The number of carbonyl (C=O) groups excluding carboxylic acids is 1. The Morgan fingerprint density at radius 1 is 1.25 bits per heavy atom. The van der Waals surface area contributed by atoms with Crippen molar-refractivity contribution in [1.82, 2.24) is 19.8 Å². The lowest BCUT2D eigenvalue weighted by atomic mass is 9.98. The van der Waals surface area contributed by atoms with Gasteiger partial charge in [0.2, 0.25) is 5.91 Å². The molecule has 1 atom stereocenters. The predicted molar refractivity (Wildman–Crippen MR) is 121 cm³/mol. The van der Waals surface area contributed by atoms with Crippen LogP contribution in [0.1, 0.15) is 41.5 Å². The van der Waals surface area contributed by atoms with E-state index in [1.165, 1.54) is 0 Å². The van der Waals surface area contributed by atoms with Crippen molar-refractivity contribution in [1.29, 1.82) is 0 Å². The molecule has 0 spiro atoms. The standard InChI is InChI=1S/C25H30N4O3/c1-28(16-19-7-5-11-26-14-19)18-24(30)29-12-6-9-21(17-29)25-27-15-22(32-25)13-20-8-3-4-10-23(20)31-2/h3-5,7-8,10-11,14-15,21H,6,9,12-13,16-18H2,1-2H3. The summed E-state index contributed by atoms with van der Waals surface area (Å²) in [6.07, 6.45) is 7.95. The topological polar surface area (TPSA) is 71.7 Å². The zero-order valence-electron chi connectivity index (χ0n) is 18.7. The number of aromatic nitrogens is 2. The number of ether oxygens (including phenoxy) is 1. The van der Waals surface area contributed by atoms with E-state index < -0.39 is 0 Å². The van der Waals surface area contributed by atoms with Crippen molar-refractivity contribution < 1.29 is 13.9 Å². The molecule has 1 saturated heterocycles. The highest BCUT2D eigenvalue weighted by molar-refractivity contribution is 5.78. The molecule has 168 valence electrons. The highest BCUT2D eigenvalue weighted by Gasteiger charge is 2.28. The Kier molecular flexibility index (Phi) is 7.17. The molecule has 0 radical (unpaired) electrons. The number of likely N-dealkylation sites (tertiary alicyclic amines) is 1. The van der Waals surface area contributed by atoms with Crippen molar-refractivity contribution in [2.75, 3.05) is 33.8 Å². The fourth-order valence-corrected chi connectivity index (χ4v) is 4.23. The van der Waals surface area contributed by atoms with Crippen LogP contribution in [0.5, 0.6) is 5.75 Å². The number of hydrogen-bond acceptors (Lipinski definition) is 6. The lowest BCUT2D eigenvalue weighted by Crippen LogP contribution is -2.43. The van der Waals surface area contributed by atoms with Gasteiger partial charge in [-0.1, -0.05) is 24.3 Å². The number of methoxy groups -OCH3 is 1. The molecule has 1 amide bonds. The van der Waals surface area contributed by atoms with E-state index in [4.69, 9.17) is 9.15 Å². The van der Waals surface area contributed by atoms with Crippen LogP contribution in [0.4, 0.5) is 0 Å². The van der Waals surface area contributed by atoms with E-state index in [9.17, 15) is 4.79 Å². The maximum atomic E-state index is 12.9. The van der Waals surface area contributed by atoms with Gasteiger partial charge in [-0.3, -0.25) is 14.7 Å². The fraction of sp³-hybridized carbons (Fsp3) is 0.400. The number of oxazole rings is 1. The normalized spacial score (nSPS) is 16.3. The van der Waals surface area contributed by atoms with Crippen molar-refractivity contribution in [2.45, 2.75) is 31.7 Å². The molecule has 0 bridgehead atoms. The average Bonchev–Trinajstić information content (AvgIpc) is 3.28. The fourth-order valence-electron chi connectivity index (χ4n) is 4.23. The van der Waals surface area contributed by atoms with E-state index in [0.29, 0.717) is 26.1 Å². The van der Waals surface area contributed by atoms with Crippen LogP contribution in [0.15, 0.2) is 59.4 Å². The van der Waals surface area contributed by atoms with Gasteiger partial charge in [0.25, 0.3) is 0 Å². The first-order valence-electron chi connectivity index (χ1n) is 11.0. The molecule has 7 heteroatoms. The van der Waals surface area contributed by atoms with Gasteiger partial charge in [-0.15, -0.1) is 0 Å². The molecule has 1 aromatic carbocycles. The van der Waals surface area contributed by atoms with Crippen LogP contribution in [0, 0.1) is 0 Å². The van der Waals surface area contributed by atoms with Crippen molar-refractivity contribution in [3.05, 3.63) is 77.8 Å². The third kappa shape index (κ3) is 5.53. The van der Waals surface area contributed by atoms with E-state index in [0.717, 1.165) is 47.9 Å². The van der Waals surface area contributed by atoms with Gasteiger partial charge < -0.3 is 14.1 Å². The van der Waals surface area contributed by atoms with E-state index in [1.54, 1.807) is 19.5 Å². The molecule has 4 rings (SSSR count). The van der Waals surface area contributed by atoms with E-state index in [2.05, 4.69) is 9.97 Å². The van der Waals surface area contributed by atoms with E-state index in [-0.39, 0.29) is 11.8 Å². The average molecular weight is 435 g/mol. The molecule has 1 fully saturated rings. The summed E-state index contributed by atoms with van der Waals surface area (Å²) in [6, 6.07) is 11.9. The number of nitrogens with zero attached hydrogens (tertiary/aromatic N) is 4. The molecule has 1 aliphatic rings. The van der Waals surface area contributed by atoms with Gasteiger partial charge in [-0.2, -0.15) is 0 Å². The maximum absolute atomic E-state index is 12.9. The minimum absolute atomic E-state index is 0.128. The number of likely N-dealkylation sites (N-methyl/N-ethyl adjacent to an activating group) is 1. The number of para-hydroxylation sites is 1. The summed E-state index contributed by atoms with van der Waals surface area (Å²) in [6.45, 7) is 2.51. The van der Waals surface area contributed by atoms with Crippen molar-refractivity contribution in [3.8, 4) is 5.75 Å². The maximum Gasteiger partial charge on any atom is 0.236 e. The Bertz CT molecular complexity index is 1020. The van der Waals surface area contributed by atoms with Gasteiger partial charge >= 0.3 is 0 Å². The first kappa shape index (κ1) is 22.0. The second-order valence-electron chi connectivity index (χ2n) is 8.37. The summed E-state index contributed by atoms with van der Waals surface area (Å²) in [5.41, 5.74) is 2.16. The summed E-state index contributed by atoms with van der Waals surface area (Å²) >= 11 is 0. The second kappa shape index (κ2) is 10.4. The zero-order chi connectivity index (χ0) is 22.3. The van der Waals surface area contributed by atoms with Crippen LogP contribution < -0.4 is 4.74 Å². The van der Waals surface area contributed by atoms with Crippen LogP contribution in [0.2, 0.25) is 0 Å². The number of rotatable bonds is 8. The number of amides is 1. The van der Waals surface area contributed by atoms with Crippen LogP contribution in [-0.2, 0) is 17.8 Å². The largest absolute Gasteiger partial charge is 0.496 e. The Morgan fingerprint density at radius 2 is 2.12 bits per heavy atom. The summed E-state index contributed by atoms with van der Waals surface area (Å²) in [5.74, 6) is 2.64. The molecule has 3 heterocycles. The smallest absolute Gasteiger partial charge is 0.236 e. The summed E-state index contributed by atoms with van der Waals surface area (Å²) in [5, 5.41) is 0. The SMILES string of the molecule is COc1ccccc1Cc1cnc(C2CCCN(C(=O)CN(C)Cc3cccnc3)C2)o1. The quantitative estimate of drug-likeness (QED) is 0.540. The summed E-state index contributed by atoms with van der Waals surface area (Å²) in [7, 11) is 3.64. The Balaban J connectivity index is 1.34. The third-order valence-electron chi connectivity index (χ3n) is 5.83. The highest BCUT2D eigenvalue weighted by Crippen LogP contribution is 2.28. The molecule has 1 unspecified atom stereocenters. The molecule has 32 heavy (non-hydrogen) atoms. The first-order valence-corrected chi connectivity index (χ1v) is 11.0. The summed E-state index contributed by atoms with van der Waals surface area (Å²) < 4.78 is 11.5. The van der Waals surface area contributed by atoms with Gasteiger partial charge in [0.1, 0.15) is 11.5 Å². The molecule has 0 N–H and O–H groups in total.